The number of benzene rings is 1. The minimum absolute atomic E-state index is 0. The molecule has 0 bridgehead atoms. The van der Waals surface area contributed by atoms with Crippen LogP contribution in [-0.4, -0.2) is 33.4 Å². The summed E-state index contributed by atoms with van der Waals surface area (Å²) in [5, 5.41) is 3.10. The first kappa shape index (κ1) is 18.8. The monoisotopic (exact) mass is 285 g/mol. The highest BCUT2D eigenvalue weighted by atomic mass is 35.5. The van der Waals surface area contributed by atoms with E-state index in [0.717, 1.165) is 6.54 Å². The molecule has 0 radical (unpaired) electrons. The van der Waals surface area contributed by atoms with Gasteiger partial charge in [0.2, 0.25) is 0 Å². The van der Waals surface area contributed by atoms with Crippen LogP contribution in [0.5, 0.6) is 5.75 Å². The molecule has 0 amide bonds. The van der Waals surface area contributed by atoms with E-state index in [9.17, 15) is 4.39 Å². The highest BCUT2D eigenvalue weighted by Crippen LogP contribution is 2.14. The molecular weight excluding hydrogens is 268 g/mol. The smallest absolute Gasteiger partial charge is 0.165 e. The van der Waals surface area contributed by atoms with Crippen LogP contribution >= 0.6 is 24.8 Å². The lowest BCUT2D eigenvalue weighted by Gasteiger charge is -2.07. The van der Waals surface area contributed by atoms with Crippen LogP contribution in [0.4, 0.5) is 4.39 Å². The summed E-state index contributed by atoms with van der Waals surface area (Å²) in [6.45, 7) is 2.57. The number of para-hydroxylation sites is 1. The fourth-order valence-electron chi connectivity index (χ4n) is 1.09. The molecule has 1 aromatic rings. The lowest BCUT2D eigenvalue weighted by atomic mass is 10.3. The van der Waals surface area contributed by atoms with Crippen molar-refractivity contribution in [1.29, 1.82) is 0 Å². The number of nitrogens with one attached hydrogen (secondary N) is 1. The van der Waals surface area contributed by atoms with E-state index < -0.39 is 0 Å². The van der Waals surface area contributed by atoms with Gasteiger partial charge >= 0.3 is 0 Å². The number of hydrogen-bond donors (Lipinski definition) is 1. The zero-order valence-electron chi connectivity index (χ0n) is 9.65. The summed E-state index contributed by atoms with van der Waals surface area (Å²) in [6, 6.07) is 6.38. The molecule has 0 aliphatic carbocycles. The Kier molecular flexibility index (Phi) is 13.2. The van der Waals surface area contributed by atoms with Gasteiger partial charge in [-0.1, -0.05) is 12.1 Å². The summed E-state index contributed by atoms with van der Waals surface area (Å²) in [4.78, 5) is 0. The summed E-state index contributed by atoms with van der Waals surface area (Å²) in [5.41, 5.74) is 0. The highest BCUT2D eigenvalue weighted by Gasteiger charge is 1.99. The molecule has 0 aliphatic heterocycles. The van der Waals surface area contributed by atoms with E-state index in [1.165, 1.54) is 6.07 Å². The lowest BCUT2D eigenvalue weighted by molar-refractivity contribution is 0.196. The van der Waals surface area contributed by atoms with Crippen molar-refractivity contribution in [2.24, 2.45) is 0 Å². The van der Waals surface area contributed by atoms with Crippen molar-refractivity contribution < 1.29 is 13.9 Å². The second-order valence-corrected chi connectivity index (χ2v) is 3.02. The number of ether oxygens (including phenoxy) is 2. The molecule has 0 aromatic heterocycles. The van der Waals surface area contributed by atoms with Gasteiger partial charge in [0.15, 0.2) is 11.6 Å². The summed E-state index contributed by atoms with van der Waals surface area (Å²) >= 11 is 0. The largest absolute Gasteiger partial charge is 0.489 e. The van der Waals surface area contributed by atoms with Gasteiger partial charge in [-0.05, 0) is 12.1 Å². The van der Waals surface area contributed by atoms with Crippen LogP contribution < -0.4 is 10.1 Å². The molecule has 0 heterocycles. The van der Waals surface area contributed by atoms with E-state index in [-0.39, 0.29) is 30.6 Å². The summed E-state index contributed by atoms with van der Waals surface area (Å²) in [6.07, 6.45) is 0. The van der Waals surface area contributed by atoms with Gasteiger partial charge in [0, 0.05) is 20.2 Å². The summed E-state index contributed by atoms with van der Waals surface area (Å²) < 4.78 is 23.2. The fraction of sp³-hybridized carbons (Fsp3) is 0.455. The predicted octanol–water partition coefficient (Wildman–Crippen LogP) is 2.28. The molecule has 6 heteroatoms. The Morgan fingerprint density at radius 3 is 2.41 bits per heavy atom. The van der Waals surface area contributed by atoms with Gasteiger partial charge < -0.3 is 14.8 Å². The Labute approximate surface area is 114 Å². The van der Waals surface area contributed by atoms with Crippen molar-refractivity contribution >= 4 is 24.8 Å². The normalized spacial score (nSPS) is 9.06. The van der Waals surface area contributed by atoms with Gasteiger partial charge in [0.1, 0.15) is 6.61 Å². The molecule has 0 unspecified atom stereocenters. The second-order valence-electron chi connectivity index (χ2n) is 3.02. The van der Waals surface area contributed by atoms with E-state index in [2.05, 4.69) is 5.32 Å². The Balaban J connectivity index is 0. The summed E-state index contributed by atoms with van der Waals surface area (Å²) in [5.74, 6) is -0.0274. The van der Waals surface area contributed by atoms with Crippen LogP contribution in [0.25, 0.3) is 0 Å². The maximum absolute atomic E-state index is 13.1. The average Bonchev–Trinajstić information content (AvgIpc) is 2.25. The van der Waals surface area contributed by atoms with Gasteiger partial charge in [0.05, 0.1) is 6.61 Å². The van der Waals surface area contributed by atoms with Crippen molar-refractivity contribution in [3.8, 4) is 5.75 Å². The lowest BCUT2D eigenvalue weighted by Crippen LogP contribution is -2.24. The van der Waals surface area contributed by atoms with Crippen LogP contribution in [0.15, 0.2) is 24.3 Å². The zero-order chi connectivity index (χ0) is 10.9. The minimum atomic E-state index is -0.325. The highest BCUT2D eigenvalue weighted by molar-refractivity contribution is 5.85. The molecular formula is C11H18Cl2FNO2. The standard InChI is InChI=1S/C11H16FNO2.2ClH/c1-14-8-6-13-7-9-15-11-5-3-2-4-10(11)12;;/h2-5,13H,6-9H2,1H3;2*1H. The maximum Gasteiger partial charge on any atom is 0.165 e. The molecule has 17 heavy (non-hydrogen) atoms. The first-order valence-corrected chi connectivity index (χ1v) is 4.91. The molecule has 100 valence electrons. The number of hydrogen-bond acceptors (Lipinski definition) is 3. The Morgan fingerprint density at radius 2 is 1.76 bits per heavy atom. The average molecular weight is 286 g/mol. The third kappa shape index (κ3) is 8.21. The summed E-state index contributed by atoms with van der Waals surface area (Å²) in [7, 11) is 1.65. The second kappa shape index (κ2) is 11.9. The van der Waals surface area contributed by atoms with E-state index in [0.29, 0.717) is 25.5 Å². The predicted molar refractivity (Wildman–Crippen MR) is 71.1 cm³/mol. The number of methoxy groups -OCH3 is 1. The van der Waals surface area contributed by atoms with E-state index in [1.807, 2.05) is 0 Å². The zero-order valence-corrected chi connectivity index (χ0v) is 11.3. The minimum Gasteiger partial charge on any atom is -0.489 e. The maximum atomic E-state index is 13.1. The fourth-order valence-corrected chi connectivity index (χ4v) is 1.09. The van der Waals surface area contributed by atoms with Crippen LogP contribution in [0.1, 0.15) is 0 Å². The molecule has 0 aliphatic rings. The van der Waals surface area contributed by atoms with Crippen molar-refractivity contribution in [2.75, 3.05) is 33.4 Å². The van der Waals surface area contributed by atoms with E-state index in [4.69, 9.17) is 9.47 Å². The first-order chi connectivity index (χ1) is 7.34. The quantitative estimate of drug-likeness (QED) is 0.780. The van der Waals surface area contributed by atoms with Crippen molar-refractivity contribution in [2.45, 2.75) is 0 Å². The van der Waals surface area contributed by atoms with Gasteiger partial charge in [0.25, 0.3) is 0 Å². The van der Waals surface area contributed by atoms with Crippen LogP contribution in [0.2, 0.25) is 0 Å². The van der Waals surface area contributed by atoms with Gasteiger partial charge in [-0.3, -0.25) is 0 Å². The Bertz CT molecular complexity index is 290. The van der Waals surface area contributed by atoms with Crippen LogP contribution in [0, 0.1) is 5.82 Å². The third-order valence-electron chi connectivity index (χ3n) is 1.86. The first-order valence-electron chi connectivity index (χ1n) is 4.91. The molecule has 0 saturated carbocycles. The molecule has 3 nitrogen and oxygen atoms in total. The Hall–Kier alpha value is -0.550. The van der Waals surface area contributed by atoms with Gasteiger partial charge in [-0.2, -0.15) is 0 Å². The molecule has 1 rings (SSSR count). The van der Waals surface area contributed by atoms with Crippen molar-refractivity contribution in [3.05, 3.63) is 30.1 Å². The molecule has 0 saturated heterocycles. The SMILES string of the molecule is COCCNCCOc1ccccc1F.Cl.Cl. The molecule has 0 fully saturated rings. The number of rotatable bonds is 7. The van der Waals surface area contributed by atoms with Crippen LogP contribution in [-0.2, 0) is 4.74 Å². The van der Waals surface area contributed by atoms with E-state index in [1.54, 1.807) is 25.3 Å². The molecule has 1 aromatic carbocycles. The third-order valence-corrected chi connectivity index (χ3v) is 1.86. The van der Waals surface area contributed by atoms with Gasteiger partial charge in [-0.15, -0.1) is 24.8 Å². The molecule has 0 spiro atoms. The number of halogens is 3. The van der Waals surface area contributed by atoms with Gasteiger partial charge in [-0.25, -0.2) is 4.39 Å². The van der Waals surface area contributed by atoms with Crippen molar-refractivity contribution in [1.82, 2.24) is 5.32 Å². The topological polar surface area (TPSA) is 30.5 Å². The van der Waals surface area contributed by atoms with Crippen molar-refractivity contribution in [3.63, 3.8) is 0 Å². The Morgan fingerprint density at radius 1 is 1.12 bits per heavy atom. The molecule has 1 N–H and O–H groups in total. The molecule has 0 atom stereocenters. The van der Waals surface area contributed by atoms with E-state index >= 15 is 0 Å². The van der Waals surface area contributed by atoms with Crippen LogP contribution in [0.3, 0.4) is 0 Å².